The van der Waals surface area contributed by atoms with E-state index in [-0.39, 0.29) is 12.0 Å². The normalized spacial score (nSPS) is 21.7. The van der Waals surface area contributed by atoms with Crippen LogP contribution in [0.3, 0.4) is 0 Å². The highest BCUT2D eigenvalue weighted by molar-refractivity contribution is 4.82. The van der Waals surface area contributed by atoms with Gasteiger partial charge in [0.25, 0.3) is 0 Å². The molecule has 1 aliphatic carbocycles. The molecule has 1 atom stereocenters. The Morgan fingerprint density at radius 1 is 1.18 bits per heavy atom. The van der Waals surface area contributed by atoms with E-state index in [2.05, 4.69) is 13.8 Å². The SMILES string of the molecule is COCC(CO)(COC1CCCCC1)C(C)C. The third kappa shape index (κ3) is 4.23. The van der Waals surface area contributed by atoms with Gasteiger partial charge in [0.2, 0.25) is 0 Å². The third-order valence-corrected chi connectivity index (χ3v) is 4.13. The average Bonchev–Trinajstić information content (AvgIpc) is 2.35. The van der Waals surface area contributed by atoms with Crippen molar-refractivity contribution in [3.8, 4) is 0 Å². The molecule has 1 aliphatic rings. The summed E-state index contributed by atoms with van der Waals surface area (Å²) in [5, 5.41) is 9.65. The van der Waals surface area contributed by atoms with Crippen LogP contribution in [0.15, 0.2) is 0 Å². The molecule has 0 aromatic heterocycles. The Hall–Kier alpha value is -0.120. The fraction of sp³-hybridized carbons (Fsp3) is 1.00. The molecule has 0 aliphatic heterocycles. The fourth-order valence-corrected chi connectivity index (χ4v) is 2.45. The molecule has 0 radical (unpaired) electrons. The van der Waals surface area contributed by atoms with E-state index in [1.54, 1.807) is 7.11 Å². The van der Waals surface area contributed by atoms with Crippen molar-refractivity contribution < 1.29 is 14.6 Å². The summed E-state index contributed by atoms with van der Waals surface area (Å²) in [4.78, 5) is 0. The van der Waals surface area contributed by atoms with E-state index in [1.165, 1.54) is 32.1 Å². The van der Waals surface area contributed by atoms with Gasteiger partial charge in [-0.25, -0.2) is 0 Å². The Labute approximate surface area is 105 Å². The summed E-state index contributed by atoms with van der Waals surface area (Å²) in [7, 11) is 1.69. The molecule has 0 amide bonds. The van der Waals surface area contributed by atoms with Gasteiger partial charge in [0.05, 0.1) is 25.9 Å². The lowest BCUT2D eigenvalue weighted by Crippen LogP contribution is -2.42. The fourth-order valence-electron chi connectivity index (χ4n) is 2.45. The van der Waals surface area contributed by atoms with Crippen molar-refractivity contribution >= 4 is 0 Å². The zero-order valence-electron chi connectivity index (χ0n) is 11.6. The molecule has 0 aromatic carbocycles. The Kier molecular flexibility index (Phi) is 6.45. The van der Waals surface area contributed by atoms with E-state index < -0.39 is 0 Å². The number of rotatable bonds is 7. The number of aliphatic hydroxyl groups is 1. The molecular formula is C14H28O3. The standard InChI is InChI=1S/C14H28O3/c1-12(2)14(9-15,10-16-3)11-17-13-7-5-4-6-8-13/h12-13,15H,4-11H2,1-3H3. The maximum absolute atomic E-state index is 9.65. The Bertz CT molecular complexity index is 200. The number of hydrogen-bond acceptors (Lipinski definition) is 3. The van der Waals surface area contributed by atoms with Crippen LogP contribution in [0.2, 0.25) is 0 Å². The first-order chi connectivity index (χ1) is 8.14. The molecule has 0 spiro atoms. The topological polar surface area (TPSA) is 38.7 Å². The smallest absolute Gasteiger partial charge is 0.0575 e. The molecule has 1 rings (SSSR count). The van der Waals surface area contributed by atoms with E-state index in [0.29, 0.717) is 25.2 Å². The molecule has 1 unspecified atom stereocenters. The first-order valence-corrected chi connectivity index (χ1v) is 6.86. The summed E-state index contributed by atoms with van der Waals surface area (Å²) in [6, 6.07) is 0. The lowest BCUT2D eigenvalue weighted by Gasteiger charge is -2.36. The van der Waals surface area contributed by atoms with Crippen LogP contribution in [-0.2, 0) is 9.47 Å². The molecule has 3 nitrogen and oxygen atoms in total. The van der Waals surface area contributed by atoms with Crippen molar-refractivity contribution in [2.75, 3.05) is 26.9 Å². The Balaban J connectivity index is 2.47. The highest BCUT2D eigenvalue weighted by atomic mass is 16.5. The summed E-state index contributed by atoms with van der Waals surface area (Å²) in [6.45, 7) is 5.55. The van der Waals surface area contributed by atoms with E-state index in [0.717, 1.165) is 0 Å². The van der Waals surface area contributed by atoms with Crippen molar-refractivity contribution in [1.82, 2.24) is 0 Å². The van der Waals surface area contributed by atoms with Gasteiger partial charge in [-0.1, -0.05) is 33.1 Å². The highest BCUT2D eigenvalue weighted by Gasteiger charge is 2.34. The highest BCUT2D eigenvalue weighted by Crippen LogP contribution is 2.30. The van der Waals surface area contributed by atoms with Crippen LogP contribution in [-0.4, -0.2) is 38.1 Å². The quantitative estimate of drug-likeness (QED) is 0.748. The number of methoxy groups -OCH3 is 1. The third-order valence-electron chi connectivity index (χ3n) is 4.13. The summed E-state index contributed by atoms with van der Waals surface area (Å²) >= 11 is 0. The summed E-state index contributed by atoms with van der Waals surface area (Å²) < 4.78 is 11.3. The molecule has 0 heterocycles. The first kappa shape index (κ1) is 14.9. The van der Waals surface area contributed by atoms with Crippen LogP contribution in [0.25, 0.3) is 0 Å². The van der Waals surface area contributed by atoms with Crippen molar-refractivity contribution in [3.63, 3.8) is 0 Å². The van der Waals surface area contributed by atoms with Gasteiger partial charge in [-0.2, -0.15) is 0 Å². The number of ether oxygens (including phenoxy) is 2. The maximum atomic E-state index is 9.65. The second-order valence-corrected chi connectivity index (χ2v) is 5.68. The van der Waals surface area contributed by atoms with E-state index in [9.17, 15) is 5.11 Å². The zero-order chi connectivity index (χ0) is 12.7. The van der Waals surface area contributed by atoms with E-state index >= 15 is 0 Å². The van der Waals surface area contributed by atoms with E-state index in [4.69, 9.17) is 9.47 Å². The molecule has 102 valence electrons. The molecular weight excluding hydrogens is 216 g/mol. The molecule has 3 heteroatoms. The average molecular weight is 244 g/mol. The summed E-state index contributed by atoms with van der Waals surface area (Å²) in [5.41, 5.74) is -0.244. The van der Waals surface area contributed by atoms with Crippen LogP contribution in [0.1, 0.15) is 46.0 Å². The molecule has 17 heavy (non-hydrogen) atoms. The second kappa shape index (κ2) is 7.34. The van der Waals surface area contributed by atoms with Crippen molar-refractivity contribution in [3.05, 3.63) is 0 Å². The maximum Gasteiger partial charge on any atom is 0.0575 e. The minimum absolute atomic E-state index is 0.130. The summed E-state index contributed by atoms with van der Waals surface area (Å²) in [6.07, 6.45) is 6.64. The number of hydrogen-bond donors (Lipinski definition) is 1. The van der Waals surface area contributed by atoms with Gasteiger partial charge in [0.15, 0.2) is 0 Å². The Morgan fingerprint density at radius 3 is 2.29 bits per heavy atom. The van der Waals surface area contributed by atoms with Crippen LogP contribution in [0, 0.1) is 11.3 Å². The predicted molar refractivity (Wildman–Crippen MR) is 69.1 cm³/mol. The summed E-state index contributed by atoms with van der Waals surface area (Å²) in [5.74, 6) is 0.357. The van der Waals surface area contributed by atoms with Crippen LogP contribution < -0.4 is 0 Å². The Morgan fingerprint density at radius 2 is 1.82 bits per heavy atom. The van der Waals surface area contributed by atoms with Crippen LogP contribution in [0.5, 0.6) is 0 Å². The largest absolute Gasteiger partial charge is 0.396 e. The van der Waals surface area contributed by atoms with Crippen molar-refractivity contribution in [1.29, 1.82) is 0 Å². The molecule has 1 saturated carbocycles. The van der Waals surface area contributed by atoms with Gasteiger partial charge >= 0.3 is 0 Å². The van der Waals surface area contributed by atoms with Crippen LogP contribution >= 0.6 is 0 Å². The molecule has 0 saturated heterocycles. The van der Waals surface area contributed by atoms with Crippen molar-refractivity contribution in [2.24, 2.45) is 11.3 Å². The molecule has 0 bridgehead atoms. The van der Waals surface area contributed by atoms with Gasteiger partial charge in [-0.15, -0.1) is 0 Å². The van der Waals surface area contributed by atoms with Gasteiger partial charge < -0.3 is 14.6 Å². The first-order valence-electron chi connectivity index (χ1n) is 6.86. The minimum atomic E-state index is -0.244. The van der Waals surface area contributed by atoms with Crippen LogP contribution in [0.4, 0.5) is 0 Å². The lowest BCUT2D eigenvalue weighted by molar-refractivity contribution is -0.0932. The van der Waals surface area contributed by atoms with Gasteiger partial charge in [-0.05, 0) is 18.8 Å². The van der Waals surface area contributed by atoms with Gasteiger partial charge in [0.1, 0.15) is 0 Å². The van der Waals surface area contributed by atoms with Gasteiger partial charge in [0, 0.05) is 12.5 Å². The second-order valence-electron chi connectivity index (χ2n) is 5.68. The predicted octanol–water partition coefficient (Wildman–Crippen LogP) is 2.62. The molecule has 1 fully saturated rings. The molecule has 1 N–H and O–H groups in total. The van der Waals surface area contributed by atoms with Crippen molar-refractivity contribution in [2.45, 2.75) is 52.1 Å². The minimum Gasteiger partial charge on any atom is -0.396 e. The van der Waals surface area contributed by atoms with Gasteiger partial charge in [-0.3, -0.25) is 0 Å². The van der Waals surface area contributed by atoms with E-state index in [1.807, 2.05) is 0 Å². The number of aliphatic hydroxyl groups excluding tert-OH is 1. The monoisotopic (exact) mass is 244 g/mol. The lowest BCUT2D eigenvalue weighted by atomic mass is 9.79. The zero-order valence-corrected chi connectivity index (χ0v) is 11.6. The molecule has 0 aromatic rings.